The van der Waals surface area contributed by atoms with Crippen LogP contribution in [0.25, 0.3) is 0 Å². The molecule has 1 amide bonds. The minimum absolute atomic E-state index is 0.248. The Morgan fingerprint density at radius 1 is 1.09 bits per heavy atom. The summed E-state index contributed by atoms with van der Waals surface area (Å²) in [6.07, 6.45) is 1.16. The molecule has 0 aliphatic carbocycles. The highest BCUT2D eigenvalue weighted by molar-refractivity contribution is 7.90. The molecule has 0 radical (unpaired) electrons. The Morgan fingerprint density at radius 3 is 2.26 bits per heavy atom. The zero-order valence-corrected chi connectivity index (χ0v) is 14.1. The second-order valence-corrected chi connectivity index (χ2v) is 7.25. The molecule has 2 aromatic rings. The number of carbonyl (C=O) groups is 1. The van der Waals surface area contributed by atoms with Crippen molar-refractivity contribution in [2.45, 2.75) is 17.9 Å². The number of hydrogen-bond donors (Lipinski definition) is 1. The number of ether oxygens (including phenoxy) is 1. The highest BCUT2D eigenvalue weighted by Gasteiger charge is 2.15. The molecule has 1 atom stereocenters. The first-order valence-electron chi connectivity index (χ1n) is 7.07. The molecule has 0 aliphatic heterocycles. The Labute approximate surface area is 136 Å². The maximum Gasteiger partial charge on any atom is 0.255 e. The lowest BCUT2D eigenvalue weighted by Gasteiger charge is -2.16. The number of hydrogen-bond acceptors (Lipinski definition) is 4. The standard InChI is InChI=1S/C17H19NO4S/c1-12(13-8-10-14(11-9-13)23(3,20)21)18-17(19)15-6-4-5-7-16(15)22-2/h4-12H,1-3H3,(H,18,19)/t12-/m0/s1. The van der Waals surface area contributed by atoms with Crippen molar-refractivity contribution in [1.82, 2.24) is 5.32 Å². The molecule has 0 saturated carbocycles. The largest absolute Gasteiger partial charge is 0.496 e. The summed E-state index contributed by atoms with van der Waals surface area (Å²) in [7, 11) is -1.71. The third-order valence-electron chi connectivity index (χ3n) is 3.51. The molecule has 23 heavy (non-hydrogen) atoms. The van der Waals surface area contributed by atoms with E-state index in [0.29, 0.717) is 11.3 Å². The molecular weight excluding hydrogens is 314 g/mol. The van der Waals surface area contributed by atoms with E-state index in [1.165, 1.54) is 19.2 Å². The van der Waals surface area contributed by atoms with Crippen LogP contribution in [-0.4, -0.2) is 27.7 Å². The molecule has 1 N–H and O–H groups in total. The number of rotatable bonds is 5. The number of sulfone groups is 1. The van der Waals surface area contributed by atoms with Gasteiger partial charge in [0.25, 0.3) is 5.91 Å². The van der Waals surface area contributed by atoms with Crippen LogP contribution in [0.4, 0.5) is 0 Å². The molecule has 2 aromatic carbocycles. The molecule has 0 heterocycles. The fraction of sp³-hybridized carbons (Fsp3) is 0.235. The first kappa shape index (κ1) is 17.0. The number of carbonyl (C=O) groups excluding carboxylic acids is 1. The third-order valence-corrected chi connectivity index (χ3v) is 4.64. The second-order valence-electron chi connectivity index (χ2n) is 5.24. The van der Waals surface area contributed by atoms with E-state index in [0.717, 1.165) is 11.8 Å². The van der Waals surface area contributed by atoms with E-state index in [4.69, 9.17) is 4.74 Å². The molecule has 0 unspecified atom stereocenters. The monoisotopic (exact) mass is 333 g/mol. The van der Waals surface area contributed by atoms with Crippen LogP contribution < -0.4 is 10.1 Å². The molecule has 0 fully saturated rings. The Bertz CT molecular complexity index is 798. The third kappa shape index (κ3) is 4.10. The molecule has 5 nitrogen and oxygen atoms in total. The summed E-state index contributed by atoms with van der Waals surface area (Å²) in [6, 6.07) is 13.2. The Balaban J connectivity index is 2.15. The van der Waals surface area contributed by atoms with Crippen LogP contribution in [0, 0.1) is 0 Å². The van der Waals surface area contributed by atoms with E-state index in [2.05, 4.69) is 5.32 Å². The molecule has 122 valence electrons. The molecule has 0 saturated heterocycles. The van der Waals surface area contributed by atoms with Gasteiger partial charge in [-0.3, -0.25) is 4.79 Å². The lowest BCUT2D eigenvalue weighted by molar-refractivity contribution is 0.0937. The van der Waals surface area contributed by atoms with E-state index in [-0.39, 0.29) is 16.8 Å². The van der Waals surface area contributed by atoms with Crippen LogP contribution in [0.2, 0.25) is 0 Å². The molecule has 2 rings (SSSR count). The topological polar surface area (TPSA) is 72.5 Å². The fourth-order valence-corrected chi connectivity index (χ4v) is 2.82. The van der Waals surface area contributed by atoms with Crippen LogP contribution in [0.5, 0.6) is 5.75 Å². The van der Waals surface area contributed by atoms with Crippen molar-refractivity contribution in [3.8, 4) is 5.75 Å². The smallest absolute Gasteiger partial charge is 0.255 e. The number of para-hydroxylation sites is 1. The highest BCUT2D eigenvalue weighted by Crippen LogP contribution is 2.20. The first-order chi connectivity index (χ1) is 10.8. The van der Waals surface area contributed by atoms with Crippen molar-refractivity contribution in [3.63, 3.8) is 0 Å². The van der Waals surface area contributed by atoms with Gasteiger partial charge in [-0.25, -0.2) is 8.42 Å². The van der Waals surface area contributed by atoms with Gasteiger partial charge in [-0.1, -0.05) is 24.3 Å². The van der Waals surface area contributed by atoms with Gasteiger partial charge in [0.15, 0.2) is 9.84 Å². The summed E-state index contributed by atoms with van der Waals surface area (Å²) < 4.78 is 28.1. The zero-order chi connectivity index (χ0) is 17.0. The van der Waals surface area contributed by atoms with Crippen molar-refractivity contribution >= 4 is 15.7 Å². The van der Waals surface area contributed by atoms with E-state index in [9.17, 15) is 13.2 Å². The van der Waals surface area contributed by atoms with Gasteiger partial charge in [-0.2, -0.15) is 0 Å². The molecular formula is C17H19NO4S. The first-order valence-corrected chi connectivity index (χ1v) is 8.96. The van der Waals surface area contributed by atoms with Crippen molar-refractivity contribution in [3.05, 3.63) is 59.7 Å². The van der Waals surface area contributed by atoms with Gasteiger partial charge in [-0.05, 0) is 36.8 Å². The molecule has 0 aromatic heterocycles. The summed E-state index contributed by atoms with van der Waals surface area (Å²) in [6.45, 7) is 1.84. The van der Waals surface area contributed by atoms with Gasteiger partial charge in [-0.15, -0.1) is 0 Å². The van der Waals surface area contributed by atoms with Crippen molar-refractivity contribution in [2.24, 2.45) is 0 Å². The van der Waals surface area contributed by atoms with Gasteiger partial charge in [0.1, 0.15) is 5.75 Å². The average molecular weight is 333 g/mol. The number of nitrogens with one attached hydrogen (secondary N) is 1. The van der Waals surface area contributed by atoms with Crippen LogP contribution in [0.1, 0.15) is 28.9 Å². The van der Waals surface area contributed by atoms with Gasteiger partial charge < -0.3 is 10.1 Å². The normalized spacial score (nSPS) is 12.5. The van der Waals surface area contributed by atoms with Gasteiger partial charge >= 0.3 is 0 Å². The van der Waals surface area contributed by atoms with E-state index in [1.807, 2.05) is 6.92 Å². The Hall–Kier alpha value is -2.34. The van der Waals surface area contributed by atoms with E-state index < -0.39 is 9.84 Å². The summed E-state index contributed by atoms with van der Waals surface area (Å²) in [5, 5.41) is 2.88. The fourth-order valence-electron chi connectivity index (χ4n) is 2.19. The molecule has 0 aliphatic rings. The van der Waals surface area contributed by atoms with Crippen molar-refractivity contribution in [2.75, 3.05) is 13.4 Å². The quantitative estimate of drug-likeness (QED) is 0.913. The SMILES string of the molecule is COc1ccccc1C(=O)N[C@@H](C)c1ccc(S(C)(=O)=O)cc1. The van der Waals surface area contributed by atoms with Crippen LogP contribution in [-0.2, 0) is 9.84 Å². The van der Waals surface area contributed by atoms with Crippen LogP contribution in [0.15, 0.2) is 53.4 Å². The molecule has 6 heteroatoms. The van der Waals surface area contributed by atoms with E-state index in [1.54, 1.807) is 36.4 Å². The Morgan fingerprint density at radius 2 is 1.70 bits per heavy atom. The summed E-state index contributed by atoms with van der Waals surface area (Å²) >= 11 is 0. The maximum atomic E-state index is 12.3. The summed E-state index contributed by atoms with van der Waals surface area (Å²) in [4.78, 5) is 12.6. The van der Waals surface area contributed by atoms with Gasteiger partial charge in [0.05, 0.1) is 23.6 Å². The number of amides is 1. The second kappa shape index (κ2) is 6.83. The minimum atomic E-state index is -3.22. The lowest BCUT2D eigenvalue weighted by atomic mass is 10.1. The zero-order valence-electron chi connectivity index (χ0n) is 13.2. The van der Waals surface area contributed by atoms with E-state index >= 15 is 0 Å². The molecule has 0 spiro atoms. The predicted molar refractivity (Wildman–Crippen MR) is 88.4 cm³/mol. The average Bonchev–Trinajstić information content (AvgIpc) is 2.54. The van der Waals surface area contributed by atoms with Crippen molar-refractivity contribution in [1.29, 1.82) is 0 Å². The van der Waals surface area contributed by atoms with Crippen LogP contribution >= 0.6 is 0 Å². The van der Waals surface area contributed by atoms with Crippen molar-refractivity contribution < 1.29 is 17.9 Å². The number of benzene rings is 2. The van der Waals surface area contributed by atoms with Crippen LogP contribution in [0.3, 0.4) is 0 Å². The lowest BCUT2D eigenvalue weighted by Crippen LogP contribution is -2.27. The highest BCUT2D eigenvalue weighted by atomic mass is 32.2. The Kier molecular flexibility index (Phi) is 5.05. The summed E-state index contributed by atoms with van der Waals surface area (Å²) in [5.41, 5.74) is 1.27. The van der Waals surface area contributed by atoms with Gasteiger partial charge in [0.2, 0.25) is 0 Å². The van der Waals surface area contributed by atoms with Gasteiger partial charge in [0, 0.05) is 6.26 Å². The molecule has 0 bridgehead atoms. The predicted octanol–water partition coefficient (Wildman–Crippen LogP) is 2.59. The summed E-state index contributed by atoms with van der Waals surface area (Å²) in [5.74, 6) is 0.256. The minimum Gasteiger partial charge on any atom is -0.496 e. The number of methoxy groups -OCH3 is 1. The maximum absolute atomic E-state index is 12.3.